The zero-order valence-corrected chi connectivity index (χ0v) is 10.2. The van der Waals surface area contributed by atoms with Crippen molar-refractivity contribution in [3.8, 4) is 0 Å². The molecule has 4 nitrogen and oxygen atoms in total. The van der Waals surface area contributed by atoms with Gasteiger partial charge in [0.05, 0.1) is 0 Å². The van der Waals surface area contributed by atoms with E-state index in [2.05, 4.69) is 0 Å². The number of likely N-dealkylation sites (N-methyl/N-ethyl adjacent to an activating group) is 1. The van der Waals surface area contributed by atoms with Crippen LogP contribution in [0, 0.1) is 11.6 Å². The van der Waals surface area contributed by atoms with E-state index in [0.29, 0.717) is 6.07 Å². The minimum atomic E-state index is -3.95. The molecule has 0 amide bonds. The van der Waals surface area contributed by atoms with Crippen LogP contribution >= 0.6 is 0 Å². The number of hydrogen-bond acceptors (Lipinski definition) is 3. The van der Waals surface area contributed by atoms with E-state index in [9.17, 15) is 17.2 Å². The molecule has 2 N–H and O–H groups in total. The second kappa shape index (κ2) is 5.52. The molecule has 17 heavy (non-hydrogen) atoms. The van der Waals surface area contributed by atoms with Gasteiger partial charge in [0.2, 0.25) is 10.0 Å². The van der Waals surface area contributed by atoms with Crippen molar-refractivity contribution in [3.05, 3.63) is 29.8 Å². The number of sulfonamides is 1. The smallest absolute Gasteiger partial charge is 0.246 e. The van der Waals surface area contributed by atoms with Crippen LogP contribution in [0.5, 0.6) is 0 Å². The van der Waals surface area contributed by atoms with Gasteiger partial charge in [-0.25, -0.2) is 17.2 Å². The van der Waals surface area contributed by atoms with Gasteiger partial charge in [-0.15, -0.1) is 0 Å². The second-order valence-corrected chi connectivity index (χ2v) is 5.27. The molecule has 0 spiro atoms. The third kappa shape index (κ3) is 2.99. The fraction of sp³-hybridized carbons (Fsp3) is 0.400. The van der Waals surface area contributed by atoms with Crippen LogP contribution in [0.2, 0.25) is 0 Å². The lowest BCUT2D eigenvalue weighted by molar-refractivity contribution is 0.430. The lowest BCUT2D eigenvalue weighted by Gasteiger charge is -2.19. The van der Waals surface area contributed by atoms with Crippen LogP contribution in [0.1, 0.15) is 6.92 Å². The molecule has 0 saturated heterocycles. The van der Waals surface area contributed by atoms with Crippen molar-refractivity contribution in [2.45, 2.75) is 11.8 Å². The Morgan fingerprint density at radius 1 is 1.35 bits per heavy atom. The summed E-state index contributed by atoms with van der Waals surface area (Å²) in [7, 11) is -3.95. The molecular weight excluding hydrogens is 250 g/mol. The Labute approximate surface area is 99.1 Å². The first-order valence-electron chi connectivity index (χ1n) is 5.08. The zero-order valence-electron chi connectivity index (χ0n) is 9.36. The molecule has 1 rings (SSSR count). The Bertz CT molecular complexity index is 491. The molecule has 0 saturated carbocycles. The monoisotopic (exact) mass is 264 g/mol. The molecule has 0 fully saturated rings. The minimum Gasteiger partial charge on any atom is -0.329 e. The number of nitrogens with zero attached hydrogens (tertiary/aromatic N) is 1. The summed E-state index contributed by atoms with van der Waals surface area (Å²) in [5.74, 6) is -1.91. The zero-order chi connectivity index (χ0) is 13.1. The fourth-order valence-electron chi connectivity index (χ4n) is 1.42. The van der Waals surface area contributed by atoms with Crippen molar-refractivity contribution in [2.75, 3.05) is 19.6 Å². The largest absolute Gasteiger partial charge is 0.329 e. The molecule has 0 bridgehead atoms. The van der Waals surface area contributed by atoms with Crippen LogP contribution in [-0.4, -0.2) is 32.4 Å². The van der Waals surface area contributed by atoms with Gasteiger partial charge in [-0.05, 0) is 12.1 Å². The van der Waals surface area contributed by atoms with Crippen molar-refractivity contribution in [3.63, 3.8) is 0 Å². The maximum absolute atomic E-state index is 13.4. The van der Waals surface area contributed by atoms with Gasteiger partial charge in [-0.2, -0.15) is 4.31 Å². The molecule has 0 aliphatic heterocycles. The molecule has 96 valence electrons. The maximum atomic E-state index is 13.4. The molecular formula is C10H14F2N2O2S. The number of nitrogens with two attached hydrogens (primary N) is 1. The number of benzene rings is 1. The maximum Gasteiger partial charge on any atom is 0.246 e. The van der Waals surface area contributed by atoms with E-state index in [4.69, 9.17) is 5.73 Å². The van der Waals surface area contributed by atoms with Crippen molar-refractivity contribution >= 4 is 10.0 Å². The number of hydrogen-bond donors (Lipinski definition) is 1. The van der Waals surface area contributed by atoms with E-state index in [1.54, 1.807) is 6.92 Å². The van der Waals surface area contributed by atoms with E-state index in [0.717, 1.165) is 16.4 Å². The first-order chi connectivity index (χ1) is 7.93. The standard InChI is InChI=1S/C10H14F2N2O2S/c1-2-14(6-5-13)17(15,16)10-4-3-8(11)7-9(10)12/h3-4,7H,2,5-6,13H2,1H3. The Balaban J connectivity index is 3.20. The topological polar surface area (TPSA) is 63.4 Å². The molecule has 0 aliphatic rings. The molecule has 1 aromatic carbocycles. The van der Waals surface area contributed by atoms with E-state index in [1.165, 1.54) is 0 Å². The normalized spacial score (nSPS) is 12.1. The molecule has 0 atom stereocenters. The summed E-state index contributed by atoms with van der Waals surface area (Å²) < 4.78 is 51.1. The van der Waals surface area contributed by atoms with Gasteiger partial charge in [0.25, 0.3) is 0 Å². The molecule has 1 aromatic rings. The van der Waals surface area contributed by atoms with Gasteiger partial charge < -0.3 is 5.73 Å². The first kappa shape index (κ1) is 14.0. The number of halogens is 2. The van der Waals surface area contributed by atoms with Gasteiger partial charge >= 0.3 is 0 Å². The van der Waals surface area contributed by atoms with E-state index < -0.39 is 26.6 Å². The lowest BCUT2D eigenvalue weighted by Crippen LogP contribution is -2.35. The van der Waals surface area contributed by atoms with Crippen molar-refractivity contribution in [1.29, 1.82) is 0 Å². The SMILES string of the molecule is CCN(CCN)S(=O)(=O)c1ccc(F)cc1F. The Morgan fingerprint density at radius 3 is 2.47 bits per heavy atom. The summed E-state index contributed by atoms with van der Waals surface area (Å²) in [6, 6.07) is 2.37. The van der Waals surface area contributed by atoms with Crippen LogP contribution in [0.25, 0.3) is 0 Å². The van der Waals surface area contributed by atoms with Crippen molar-refractivity contribution in [2.24, 2.45) is 5.73 Å². The van der Waals surface area contributed by atoms with Crippen LogP contribution in [-0.2, 0) is 10.0 Å². The van der Waals surface area contributed by atoms with Crippen molar-refractivity contribution in [1.82, 2.24) is 4.31 Å². The second-order valence-electron chi connectivity index (χ2n) is 3.36. The van der Waals surface area contributed by atoms with Crippen LogP contribution < -0.4 is 5.73 Å². The van der Waals surface area contributed by atoms with Gasteiger partial charge in [0, 0.05) is 25.7 Å². The predicted molar refractivity (Wildman–Crippen MR) is 59.8 cm³/mol. The molecule has 0 radical (unpaired) electrons. The molecule has 7 heteroatoms. The molecule has 0 aliphatic carbocycles. The molecule has 0 heterocycles. The molecule has 0 aromatic heterocycles. The first-order valence-corrected chi connectivity index (χ1v) is 6.52. The predicted octanol–water partition coefficient (Wildman–Crippen LogP) is 0.934. The van der Waals surface area contributed by atoms with Gasteiger partial charge in [-0.3, -0.25) is 0 Å². The quantitative estimate of drug-likeness (QED) is 0.860. The summed E-state index contributed by atoms with van der Waals surface area (Å²) >= 11 is 0. The van der Waals surface area contributed by atoms with Gasteiger partial charge in [-0.1, -0.05) is 6.92 Å². The Kier molecular flexibility index (Phi) is 4.55. The minimum absolute atomic E-state index is 0.0929. The highest BCUT2D eigenvalue weighted by Crippen LogP contribution is 2.19. The summed E-state index contributed by atoms with van der Waals surface area (Å²) in [4.78, 5) is -0.533. The molecule has 0 unspecified atom stereocenters. The lowest BCUT2D eigenvalue weighted by atomic mass is 10.3. The van der Waals surface area contributed by atoms with Gasteiger partial charge in [0.1, 0.15) is 16.5 Å². The highest BCUT2D eigenvalue weighted by Gasteiger charge is 2.25. The highest BCUT2D eigenvalue weighted by atomic mass is 32.2. The summed E-state index contributed by atoms with van der Waals surface area (Å²) in [6.07, 6.45) is 0. The van der Waals surface area contributed by atoms with E-state index >= 15 is 0 Å². The summed E-state index contributed by atoms with van der Waals surface area (Å²) in [5, 5.41) is 0. The van der Waals surface area contributed by atoms with Crippen LogP contribution in [0.3, 0.4) is 0 Å². The van der Waals surface area contributed by atoms with Gasteiger partial charge in [0.15, 0.2) is 0 Å². The van der Waals surface area contributed by atoms with E-state index in [-0.39, 0.29) is 19.6 Å². The van der Waals surface area contributed by atoms with Crippen LogP contribution in [0.15, 0.2) is 23.1 Å². The Morgan fingerprint density at radius 2 is 2.00 bits per heavy atom. The summed E-state index contributed by atoms with van der Waals surface area (Å²) in [5.41, 5.74) is 5.28. The average Bonchev–Trinajstić information content (AvgIpc) is 2.24. The average molecular weight is 264 g/mol. The summed E-state index contributed by atoms with van der Waals surface area (Å²) in [6.45, 7) is 2.02. The third-order valence-electron chi connectivity index (χ3n) is 2.24. The third-order valence-corrected chi connectivity index (χ3v) is 4.25. The van der Waals surface area contributed by atoms with E-state index in [1.807, 2.05) is 0 Å². The van der Waals surface area contributed by atoms with Crippen molar-refractivity contribution < 1.29 is 17.2 Å². The Hall–Kier alpha value is -1.05. The fourth-order valence-corrected chi connectivity index (χ4v) is 2.92. The number of rotatable bonds is 5. The highest BCUT2D eigenvalue weighted by molar-refractivity contribution is 7.89. The van der Waals surface area contributed by atoms with Crippen LogP contribution in [0.4, 0.5) is 8.78 Å².